The largest absolute Gasteiger partial charge is 0.497 e. The first-order valence-electron chi connectivity index (χ1n) is 12.4. The number of hydrogen-bond donors (Lipinski definition) is 2. The molecule has 0 bridgehead atoms. The van der Waals surface area contributed by atoms with Gasteiger partial charge in [0, 0.05) is 12.5 Å². The number of rotatable bonds is 8. The quantitative estimate of drug-likeness (QED) is 0.518. The molecule has 1 fully saturated rings. The number of aliphatic hydroxyl groups is 1. The topological polar surface area (TPSA) is 70.0 Å². The van der Waals surface area contributed by atoms with E-state index in [4.69, 9.17) is 9.84 Å². The van der Waals surface area contributed by atoms with Crippen LogP contribution in [0.4, 0.5) is 0 Å². The molecule has 1 unspecified atom stereocenters. The molecule has 5 heteroatoms. The van der Waals surface area contributed by atoms with E-state index in [9.17, 15) is 9.90 Å². The Morgan fingerprint density at radius 1 is 1.12 bits per heavy atom. The van der Waals surface area contributed by atoms with Crippen molar-refractivity contribution in [3.05, 3.63) is 65.2 Å². The molecule has 0 saturated heterocycles. The molecule has 1 saturated carbocycles. The Balaban J connectivity index is 0.000000248. The van der Waals surface area contributed by atoms with Crippen molar-refractivity contribution in [1.82, 2.24) is 4.90 Å². The molecule has 2 aromatic rings. The molecule has 0 spiro atoms. The van der Waals surface area contributed by atoms with Crippen LogP contribution in [-0.2, 0) is 16.8 Å². The second kappa shape index (κ2) is 12.9. The van der Waals surface area contributed by atoms with E-state index in [2.05, 4.69) is 32.8 Å². The summed E-state index contributed by atoms with van der Waals surface area (Å²) in [5.41, 5.74) is 2.43. The molecule has 2 N–H and O–H groups in total. The smallest absolute Gasteiger partial charge is 0.310 e. The monoisotopic (exact) mass is 469 g/mol. The van der Waals surface area contributed by atoms with Crippen LogP contribution < -0.4 is 4.74 Å². The van der Waals surface area contributed by atoms with Crippen LogP contribution in [0.3, 0.4) is 0 Å². The fraction of sp³-hybridized carbons (Fsp3) is 0.552. The standard InChI is InChI=1S/C16H25NO2.C13H18O2/c1-17(2)12-14-7-4-5-10-16(14,18)13-8-6-9-15(11-13)19-3;1-9(2)8-11-4-6-12(7-5-11)10(3)13(14)15/h6,8-9,11,14,18H,4-5,7,10,12H2,1-3H3;4-7,9-10H,8H2,1-3H3,(H,14,15)/t14-,16+;/m1./s1. The Morgan fingerprint density at radius 2 is 1.79 bits per heavy atom. The maximum atomic E-state index is 11.2. The zero-order chi connectivity index (χ0) is 25.3. The van der Waals surface area contributed by atoms with E-state index in [1.165, 1.54) is 12.0 Å². The van der Waals surface area contributed by atoms with Crippen LogP contribution in [0.15, 0.2) is 48.5 Å². The second-order valence-electron chi connectivity index (χ2n) is 10.3. The van der Waals surface area contributed by atoms with E-state index in [1.54, 1.807) is 14.0 Å². The second-order valence-corrected chi connectivity index (χ2v) is 10.3. The Bertz CT molecular complexity index is 893. The lowest BCUT2D eigenvalue weighted by Gasteiger charge is -2.41. The summed E-state index contributed by atoms with van der Waals surface area (Å²) < 4.78 is 5.29. The number of methoxy groups -OCH3 is 1. The molecule has 0 heterocycles. The van der Waals surface area contributed by atoms with Gasteiger partial charge >= 0.3 is 5.97 Å². The third-order valence-corrected chi connectivity index (χ3v) is 6.69. The summed E-state index contributed by atoms with van der Waals surface area (Å²) in [6.45, 7) is 6.98. The number of ether oxygens (including phenoxy) is 1. The Morgan fingerprint density at radius 3 is 2.35 bits per heavy atom. The molecule has 188 valence electrons. The third-order valence-electron chi connectivity index (χ3n) is 6.69. The molecule has 34 heavy (non-hydrogen) atoms. The summed E-state index contributed by atoms with van der Waals surface area (Å²) in [4.78, 5) is 12.9. The van der Waals surface area contributed by atoms with Crippen LogP contribution in [0.2, 0.25) is 0 Å². The molecule has 3 rings (SSSR count). The molecule has 0 aliphatic heterocycles. The molecule has 0 radical (unpaired) electrons. The molecule has 5 nitrogen and oxygen atoms in total. The van der Waals surface area contributed by atoms with Gasteiger partial charge in [0.05, 0.1) is 18.6 Å². The van der Waals surface area contributed by atoms with Crippen LogP contribution in [0.5, 0.6) is 5.75 Å². The highest BCUT2D eigenvalue weighted by atomic mass is 16.5. The molecular weight excluding hydrogens is 426 g/mol. The predicted molar refractivity (Wildman–Crippen MR) is 138 cm³/mol. The van der Waals surface area contributed by atoms with Crippen molar-refractivity contribution in [2.45, 2.75) is 64.4 Å². The molecule has 2 aromatic carbocycles. The first kappa shape index (κ1) is 27.9. The van der Waals surface area contributed by atoms with Crippen LogP contribution in [0, 0.1) is 11.8 Å². The number of aliphatic carboxylic acids is 1. The number of carbonyl (C=O) groups is 1. The molecule has 1 aliphatic carbocycles. The van der Waals surface area contributed by atoms with E-state index >= 15 is 0 Å². The molecule has 3 atom stereocenters. The van der Waals surface area contributed by atoms with E-state index in [0.29, 0.717) is 11.8 Å². The van der Waals surface area contributed by atoms with E-state index in [-0.39, 0.29) is 0 Å². The highest BCUT2D eigenvalue weighted by molar-refractivity contribution is 5.75. The SMILES string of the molecule is CC(C)Cc1ccc(C(C)C(=O)O)cc1.COc1cccc([C@@]2(O)CCCC[C@@H]2CN(C)C)c1. The first-order chi connectivity index (χ1) is 16.1. The van der Waals surface area contributed by atoms with Gasteiger partial charge in [-0.3, -0.25) is 4.79 Å². The van der Waals surface area contributed by atoms with E-state index < -0.39 is 17.5 Å². The Kier molecular flexibility index (Phi) is 10.6. The van der Waals surface area contributed by atoms with E-state index in [1.807, 2.05) is 48.5 Å². The fourth-order valence-corrected chi connectivity index (χ4v) is 4.74. The first-order valence-corrected chi connectivity index (χ1v) is 12.4. The summed E-state index contributed by atoms with van der Waals surface area (Å²) >= 11 is 0. The number of nitrogens with zero attached hydrogens (tertiary/aromatic N) is 1. The van der Waals surface area contributed by atoms with Gasteiger partial charge in [0.2, 0.25) is 0 Å². The molecular formula is C29H43NO4. The fourth-order valence-electron chi connectivity index (χ4n) is 4.74. The lowest BCUT2D eigenvalue weighted by molar-refractivity contribution is -0.138. The summed E-state index contributed by atoms with van der Waals surface area (Å²) in [6, 6.07) is 15.8. The summed E-state index contributed by atoms with van der Waals surface area (Å²) in [5.74, 6) is 0.556. The van der Waals surface area contributed by atoms with Gasteiger partial charge < -0.3 is 19.8 Å². The van der Waals surface area contributed by atoms with Gasteiger partial charge in [-0.15, -0.1) is 0 Å². The number of carboxylic acid groups (broad SMARTS) is 1. The van der Waals surface area contributed by atoms with Crippen molar-refractivity contribution in [1.29, 1.82) is 0 Å². The number of benzene rings is 2. The molecule has 0 aromatic heterocycles. The van der Waals surface area contributed by atoms with E-state index in [0.717, 1.165) is 49.1 Å². The van der Waals surface area contributed by atoms with Crippen LogP contribution in [0.1, 0.15) is 69.1 Å². The van der Waals surface area contributed by atoms with Gasteiger partial charge in [-0.2, -0.15) is 0 Å². The highest BCUT2D eigenvalue weighted by Crippen LogP contribution is 2.42. The van der Waals surface area contributed by atoms with Gasteiger partial charge in [0.1, 0.15) is 5.75 Å². The van der Waals surface area contributed by atoms with Crippen LogP contribution in [-0.4, -0.2) is 48.8 Å². The minimum absolute atomic E-state index is 0.295. The lowest BCUT2D eigenvalue weighted by atomic mass is 9.71. The zero-order valence-electron chi connectivity index (χ0n) is 21.8. The molecule has 0 amide bonds. The minimum Gasteiger partial charge on any atom is -0.497 e. The summed E-state index contributed by atoms with van der Waals surface area (Å²) in [5, 5.41) is 20.0. The Labute approximate surface area is 205 Å². The van der Waals surface area contributed by atoms with Crippen molar-refractivity contribution in [3.63, 3.8) is 0 Å². The number of carboxylic acids is 1. The highest BCUT2D eigenvalue weighted by Gasteiger charge is 2.40. The number of hydrogen-bond acceptors (Lipinski definition) is 4. The van der Waals surface area contributed by atoms with Crippen molar-refractivity contribution in [2.75, 3.05) is 27.7 Å². The normalized spacial score (nSPS) is 21.0. The van der Waals surface area contributed by atoms with Crippen LogP contribution in [0.25, 0.3) is 0 Å². The summed E-state index contributed by atoms with van der Waals surface area (Å²) in [7, 11) is 5.81. The predicted octanol–water partition coefficient (Wildman–Crippen LogP) is 5.71. The maximum absolute atomic E-state index is 11.2. The average Bonchev–Trinajstić information content (AvgIpc) is 2.80. The lowest BCUT2D eigenvalue weighted by Crippen LogP contribution is -2.43. The van der Waals surface area contributed by atoms with Crippen molar-refractivity contribution < 1.29 is 19.7 Å². The minimum atomic E-state index is -0.772. The summed E-state index contributed by atoms with van der Waals surface area (Å²) in [6.07, 6.45) is 5.29. The van der Waals surface area contributed by atoms with Gasteiger partial charge in [-0.1, -0.05) is 63.1 Å². The van der Waals surface area contributed by atoms with Gasteiger partial charge in [-0.05, 0) is 75.0 Å². The molecule has 1 aliphatic rings. The van der Waals surface area contributed by atoms with Crippen LogP contribution >= 0.6 is 0 Å². The van der Waals surface area contributed by atoms with Gasteiger partial charge in [0.25, 0.3) is 0 Å². The van der Waals surface area contributed by atoms with Gasteiger partial charge in [-0.25, -0.2) is 0 Å². The maximum Gasteiger partial charge on any atom is 0.310 e. The third kappa shape index (κ3) is 7.85. The van der Waals surface area contributed by atoms with Crippen molar-refractivity contribution in [3.8, 4) is 5.75 Å². The van der Waals surface area contributed by atoms with Crippen molar-refractivity contribution in [2.24, 2.45) is 11.8 Å². The zero-order valence-corrected chi connectivity index (χ0v) is 21.8. The van der Waals surface area contributed by atoms with Crippen molar-refractivity contribution >= 4 is 5.97 Å². The average molecular weight is 470 g/mol. The van der Waals surface area contributed by atoms with Gasteiger partial charge in [0.15, 0.2) is 0 Å². The Hall–Kier alpha value is -2.37.